The molecule has 1 N–H and O–H groups in total. The number of rotatable bonds is 6. The smallest absolute Gasteiger partial charge is 0.393 e. The van der Waals surface area contributed by atoms with Crippen LogP contribution in [0.15, 0.2) is 0 Å². The molecule has 0 aromatic heterocycles. The second kappa shape index (κ2) is 6.71. The van der Waals surface area contributed by atoms with Crippen molar-refractivity contribution >= 4 is 8.80 Å². The maximum absolute atomic E-state index is 10.2. The van der Waals surface area contributed by atoms with Gasteiger partial charge >= 0.3 is 8.80 Å². The summed E-state index contributed by atoms with van der Waals surface area (Å²) in [5, 5.41) is 10.2. The molecule has 0 bridgehead atoms. The minimum Gasteiger partial charge on any atom is -0.393 e. The molecule has 1 unspecified atom stereocenters. The van der Waals surface area contributed by atoms with E-state index in [1.54, 1.807) is 21.3 Å². The van der Waals surface area contributed by atoms with Crippen LogP contribution in [0.4, 0.5) is 0 Å². The zero-order valence-corrected chi connectivity index (χ0v) is 11.6. The summed E-state index contributed by atoms with van der Waals surface area (Å²) in [4.78, 5) is 0. The highest BCUT2D eigenvalue weighted by atomic mass is 28.4. The average Bonchev–Trinajstić information content (AvgIpc) is 2.37. The Hall–Kier alpha value is 0.0569. The largest absolute Gasteiger partial charge is 0.502 e. The molecule has 4 nitrogen and oxygen atoms in total. The number of aliphatic hydroxyl groups is 1. The van der Waals surface area contributed by atoms with Crippen LogP contribution in [0, 0.1) is 5.92 Å². The SMILES string of the molecule is CO[Si](CC(O)C1CCCCC1)(OC)OC. The highest BCUT2D eigenvalue weighted by Gasteiger charge is 2.42. The van der Waals surface area contributed by atoms with Gasteiger partial charge in [-0.3, -0.25) is 0 Å². The minimum atomic E-state index is -2.61. The molecule has 0 radical (unpaired) electrons. The van der Waals surface area contributed by atoms with Gasteiger partial charge in [-0.15, -0.1) is 0 Å². The standard InChI is InChI=1S/C11H24O4Si/c1-13-16(14-2,15-3)9-11(12)10-7-5-4-6-8-10/h10-12H,4-9H2,1-3H3. The Balaban J connectivity index is 2.49. The van der Waals surface area contributed by atoms with Gasteiger partial charge in [-0.05, 0) is 18.8 Å². The highest BCUT2D eigenvalue weighted by molar-refractivity contribution is 6.60. The summed E-state index contributed by atoms with van der Waals surface area (Å²) in [6.45, 7) is 0. The summed E-state index contributed by atoms with van der Waals surface area (Å²) in [6.07, 6.45) is 5.62. The van der Waals surface area contributed by atoms with Crippen molar-refractivity contribution in [3.8, 4) is 0 Å². The quantitative estimate of drug-likeness (QED) is 0.728. The van der Waals surface area contributed by atoms with Crippen molar-refractivity contribution in [2.45, 2.75) is 44.3 Å². The van der Waals surface area contributed by atoms with Crippen LogP contribution in [0.5, 0.6) is 0 Å². The van der Waals surface area contributed by atoms with Crippen LogP contribution in [-0.2, 0) is 13.3 Å². The van der Waals surface area contributed by atoms with Crippen molar-refractivity contribution in [3.63, 3.8) is 0 Å². The predicted octanol–water partition coefficient (Wildman–Crippen LogP) is 1.81. The molecule has 96 valence electrons. The van der Waals surface area contributed by atoms with Crippen LogP contribution in [0.2, 0.25) is 6.04 Å². The fourth-order valence-electron chi connectivity index (χ4n) is 2.44. The third kappa shape index (κ3) is 3.53. The lowest BCUT2D eigenvalue weighted by molar-refractivity contribution is 0.0616. The van der Waals surface area contributed by atoms with Gasteiger partial charge in [-0.2, -0.15) is 0 Å². The van der Waals surface area contributed by atoms with Crippen molar-refractivity contribution in [2.75, 3.05) is 21.3 Å². The van der Waals surface area contributed by atoms with E-state index in [-0.39, 0.29) is 6.10 Å². The molecular weight excluding hydrogens is 224 g/mol. The van der Waals surface area contributed by atoms with Crippen molar-refractivity contribution in [2.24, 2.45) is 5.92 Å². The maximum Gasteiger partial charge on any atom is 0.502 e. The molecule has 1 fully saturated rings. The normalized spacial score (nSPS) is 21.0. The van der Waals surface area contributed by atoms with E-state index in [4.69, 9.17) is 13.3 Å². The van der Waals surface area contributed by atoms with E-state index < -0.39 is 8.80 Å². The molecule has 1 atom stereocenters. The Morgan fingerprint density at radius 2 is 1.56 bits per heavy atom. The van der Waals surface area contributed by atoms with Gasteiger partial charge in [0.1, 0.15) is 0 Å². The molecule has 0 heterocycles. The van der Waals surface area contributed by atoms with E-state index in [1.807, 2.05) is 0 Å². The molecule has 0 spiro atoms. The van der Waals surface area contributed by atoms with Crippen molar-refractivity contribution < 1.29 is 18.4 Å². The molecule has 0 aromatic rings. The monoisotopic (exact) mass is 248 g/mol. The summed E-state index contributed by atoms with van der Waals surface area (Å²) in [6, 6.07) is 0.501. The molecule has 16 heavy (non-hydrogen) atoms. The summed E-state index contributed by atoms with van der Waals surface area (Å²) in [5.74, 6) is 0.390. The topological polar surface area (TPSA) is 47.9 Å². The maximum atomic E-state index is 10.2. The summed E-state index contributed by atoms with van der Waals surface area (Å²) >= 11 is 0. The zero-order chi connectivity index (χ0) is 12.0. The number of hydrogen-bond acceptors (Lipinski definition) is 4. The van der Waals surface area contributed by atoms with Gasteiger partial charge in [0.05, 0.1) is 6.10 Å². The molecule has 1 aliphatic carbocycles. The van der Waals surface area contributed by atoms with Crippen molar-refractivity contribution in [3.05, 3.63) is 0 Å². The predicted molar refractivity (Wildman–Crippen MR) is 64.2 cm³/mol. The fraction of sp³-hybridized carbons (Fsp3) is 1.00. The van der Waals surface area contributed by atoms with Crippen LogP contribution < -0.4 is 0 Å². The van der Waals surface area contributed by atoms with Gasteiger partial charge in [-0.1, -0.05) is 19.3 Å². The fourth-order valence-corrected chi connectivity index (χ4v) is 4.29. The highest BCUT2D eigenvalue weighted by Crippen LogP contribution is 2.30. The van der Waals surface area contributed by atoms with E-state index in [1.165, 1.54) is 19.3 Å². The second-order valence-electron chi connectivity index (χ2n) is 4.46. The molecule has 1 aliphatic rings. The van der Waals surface area contributed by atoms with Crippen LogP contribution in [0.3, 0.4) is 0 Å². The van der Waals surface area contributed by atoms with Crippen LogP contribution >= 0.6 is 0 Å². The second-order valence-corrected chi connectivity index (χ2v) is 7.46. The van der Waals surface area contributed by atoms with Gasteiger partial charge in [-0.25, -0.2) is 0 Å². The van der Waals surface area contributed by atoms with Gasteiger partial charge in [0.15, 0.2) is 0 Å². The molecule has 0 aliphatic heterocycles. The van der Waals surface area contributed by atoms with E-state index in [0.717, 1.165) is 12.8 Å². The van der Waals surface area contributed by atoms with Gasteiger partial charge < -0.3 is 18.4 Å². The van der Waals surface area contributed by atoms with Gasteiger partial charge in [0, 0.05) is 27.4 Å². The van der Waals surface area contributed by atoms with Crippen LogP contribution in [0.25, 0.3) is 0 Å². The number of hydrogen-bond donors (Lipinski definition) is 1. The molecule has 0 aromatic carbocycles. The first-order valence-electron chi connectivity index (χ1n) is 6.01. The molecular formula is C11H24O4Si. The Morgan fingerprint density at radius 1 is 1.06 bits per heavy atom. The lowest BCUT2D eigenvalue weighted by Gasteiger charge is -2.31. The van der Waals surface area contributed by atoms with Crippen molar-refractivity contribution in [1.29, 1.82) is 0 Å². The molecule has 0 amide bonds. The summed E-state index contributed by atoms with van der Waals surface area (Å²) in [7, 11) is 2.16. The van der Waals surface area contributed by atoms with E-state index in [9.17, 15) is 5.11 Å². The first-order chi connectivity index (χ1) is 7.67. The lowest BCUT2D eigenvalue weighted by atomic mass is 9.86. The van der Waals surface area contributed by atoms with Crippen molar-refractivity contribution in [1.82, 2.24) is 0 Å². The van der Waals surface area contributed by atoms with Crippen LogP contribution in [0.1, 0.15) is 32.1 Å². The van der Waals surface area contributed by atoms with E-state index in [2.05, 4.69) is 0 Å². The lowest BCUT2D eigenvalue weighted by Crippen LogP contribution is -2.47. The minimum absolute atomic E-state index is 0.355. The third-order valence-electron chi connectivity index (χ3n) is 3.59. The summed E-state index contributed by atoms with van der Waals surface area (Å²) < 4.78 is 16.0. The van der Waals surface area contributed by atoms with Gasteiger partial charge in [0.2, 0.25) is 0 Å². The first-order valence-corrected chi connectivity index (χ1v) is 7.94. The molecule has 5 heteroatoms. The molecule has 0 saturated heterocycles. The van der Waals surface area contributed by atoms with Gasteiger partial charge in [0.25, 0.3) is 0 Å². The number of aliphatic hydroxyl groups excluding tert-OH is 1. The summed E-state index contributed by atoms with van der Waals surface area (Å²) in [5.41, 5.74) is 0. The first kappa shape index (κ1) is 14.1. The van der Waals surface area contributed by atoms with E-state index in [0.29, 0.717) is 12.0 Å². The van der Waals surface area contributed by atoms with E-state index >= 15 is 0 Å². The average molecular weight is 248 g/mol. The molecule has 1 saturated carbocycles. The Kier molecular flexibility index (Phi) is 5.92. The Bertz CT molecular complexity index is 182. The Morgan fingerprint density at radius 3 is 2.00 bits per heavy atom. The molecule has 1 rings (SSSR count). The third-order valence-corrected chi connectivity index (χ3v) is 6.37. The van der Waals surface area contributed by atoms with Crippen LogP contribution in [-0.4, -0.2) is 41.3 Å². The zero-order valence-electron chi connectivity index (χ0n) is 10.6. The Labute approximate surface area is 99.3 Å².